The molecule has 0 unspecified atom stereocenters. The Bertz CT molecular complexity index is 1130. The lowest BCUT2D eigenvalue weighted by Crippen LogP contribution is -2.22. The quantitative estimate of drug-likeness (QED) is 0.324. The van der Waals surface area contributed by atoms with E-state index in [2.05, 4.69) is 10.6 Å². The molecule has 3 aromatic rings. The van der Waals surface area contributed by atoms with Crippen molar-refractivity contribution in [3.05, 3.63) is 89.5 Å². The molecule has 0 bridgehead atoms. The van der Waals surface area contributed by atoms with E-state index in [9.17, 15) is 14.4 Å². The van der Waals surface area contributed by atoms with Gasteiger partial charge in [0.25, 0.3) is 5.91 Å². The number of carbonyl (C=O) groups is 3. The summed E-state index contributed by atoms with van der Waals surface area (Å²) in [5, 5.41) is 5.71. The van der Waals surface area contributed by atoms with E-state index >= 15 is 0 Å². The Kier molecular flexibility index (Phi) is 9.24. The van der Waals surface area contributed by atoms with Gasteiger partial charge in [-0.05, 0) is 73.5 Å². The van der Waals surface area contributed by atoms with Crippen LogP contribution in [0.5, 0.6) is 11.5 Å². The molecule has 3 aromatic carbocycles. The van der Waals surface area contributed by atoms with Crippen molar-refractivity contribution in [2.75, 3.05) is 18.5 Å². The van der Waals surface area contributed by atoms with Crippen LogP contribution in [0.1, 0.15) is 35.3 Å². The number of carbonyl (C=O) groups excluding carboxylic acids is 3. The van der Waals surface area contributed by atoms with Crippen molar-refractivity contribution < 1.29 is 28.6 Å². The average molecular weight is 477 g/mol. The predicted molar refractivity (Wildman–Crippen MR) is 132 cm³/mol. The maximum atomic E-state index is 12.4. The van der Waals surface area contributed by atoms with Gasteiger partial charge in [-0.15, -0.1) is 0 Å². The van der Waals surface area contributed by atoms with Crippen LogP contribution in [0.2, 0.25) is 0 Å². The molecule has 2 N–H and O–H groups in total. The molecule has 8 heteroatoms. The molecular formula is C27H28N2O6. The summed E-state index contributed by atoms with van der Waals surface area (Å²) in [7, 11) is 0. The van der Waals surface area contributed by atoms with Crippen LogP contribution < -0.4 is 20.1 Å². The molecule has 0 fully saturated rings. The number of amides is 2. The first kappa shape index (κ1) is 25.3. The smallest absolute Gasteiger partial charge is 0.494 e. The van der Waals surface area contributed by atoms with E-state index < -0.39 is 6.16 Å². The molecule has 0 saturated carbocycles. The minimum Gasteiger partial charge on any atom is -0.494 e. The number of benzene rings is 3. The van der Waals surface area contributed by atoms with Crippen molar-refractivity contribution in [2.24, 2.45) is 0 Å². The summed E-state index contributed by atoms with van der Waals surface area (Å²) in [6.45, 7) is 4.74. The van der Waals surface area contributed by atoms with E-state index in [1.165, 1.54) is 12.1 Å². The van der Waals surface area contributed by atoms with Crippen molar-refractivity contribution >= 4 is 23.7 Å². The molecule has 8 nitrogen and oxygen atoms in total. The summed E-state index contributed by atoms with van der Waals surface area (Å²) < 4.78 is 15.1. The van der Waals surface area contributed by atoms with Crippen LogP contribution in [0, 0.1) is 0 Å². The lowest BCUT2D eigenvalue weighted by Gasteiger charge is -2.09. The van der Waals surface area contributed by atoms with E-state index in [0.717, 1.165) is 16.9 Å². The normalized spacial score (nSPS) is 10.2. The number of anilines is 1. The highest BCUT2D eigenvalue weighted by Gasteiger charge is 2.09. The molecule has 3 rings (SSSR count). The van der Waals surface area contributed by atoms with Gasteiger partial charge in [-0.25, -0.2) is 4.79 Å². The van der Waals surface area contributed by atoms with Crippen molar-refractivity contribution in [1.82, 2.24) is 5.32 Å². The first-order valence-electron chi connectivity index (χ1n) is 11.3. The fourth-order valence-corrected chi connectivity index (χ4v) is 3.17. The maximum Gasteiger partial charge on any atom is 0.513 e. The van der Waals surface area contributed by atoms with Crippen LogP contribution in [0.4, 0.5) is 10.5 Å². The third kappa shape index (κ3) is 8.19. The number of rotatable bonds is 10. The van der Waals surface area contributed by atoms with Crippen LogP contribution in [-0.4, -0.2) is 31.2 Å². The summed E-state index contributed by atoms with van der Waals surface area (Å²) in [4.78, 5) is 36.1. The second-order valence-corrected chi connectivity index (χ2v) is 7.49. The van der Waals surface area contributed by atoms with Gasteiger partial charge in [-0.1, -0.05) is 24.3 Å². The molecule has 2 amide bonds. The largest absolute Gasteiger partial charge is 0.513 e. The molecule has 182 valence electrons. The first-order valence-corrected chi connectivity index (χ1v) is 11.3. The maximum absolute atomic E-state index is 12.4. The number of nitrogens with one attached hydrogen (secondary N) is 2. The van der Waals surface area contributed by atoms with Crippen molar-refractivity contribution in [2.45, 2.75) is 26.8 Å². The lowest BCUT2D eigenvalue weighted by atomic mass is 10.1. The third-order valence-corrected chi connectivity index (χ3v) is 4.87. The number of hydrogen-bond donors (Lipinski definition) is 2. The summed E-state index contributed by atoms with van der Waals surface area (Å²) in [5.41, 5.74) is 2.88. The van der Waals surface area contributed by atoms with Gasteiger partial charge in [-0.2, -0.15) is 0 Å². The molecule has 0 atom stereocenters. The Morgan fingerprint density at radius 2 is 1.37 bits per heavy atom. The zero-order chi connectivity index (χ0) is 25.0. The summed E-state index contributed by atoms with van der Waals surface area (Å²) in [6, 6.07) is 20.9. The van der Waals surface area contributed by atoms with Crippen LogP contribution >= 0.6 is 0 Å². The molecule has 0 radical (unpaired) electrons. The number of hydrogen-bond acceptors (Lipinski definition) is 6. The first-order chi connectivity index (χ1) is 17.0. The molecule has 0 heterocycles. The molecule has 0 aliphatic rings. The summed E-state index contributed by atoms with van der Waals surface area (Å²) >= 11 is 0. The Labute approximate surface area is 204 Å². The zero-order valence-electron chi connectivity index (χ0n) is 19.7. The van der Waals surface area contributed by atoms with Crippen LogP contribution in [0.15, 0.2) is 72.8 Å². The lowest BCUT2D eigenvalue weighted by molar-refractivity contribution is -0.115. The van der Waals surface area contributed by atoms with Gasteiger partial charge in [0.2, 0.25) is 5.91 Å². The van der Waals surface area contributed by atoms with E-state index in [4.69, 9.17) is 14.2 Å². The zero-order valence-corrected chi connectivity index (χ0v) is 19.7. The third-order valence-electron chi connectivity index (χ3n) is 4.87. The molecule has 0 aliphatic heterocycles. The van der Waals surface area contributed by atoms with E-state index in [1.807, 2.05) is 43.3 Å². The second-order valence-electron chi connectivity index (χ2n) is 7.49. The summed E-state index contributed by atoms with van der Waals surface area (Å²) in [5.74, 6) is 0.686. The topological polar surface area (TPSA) is 103 Å². The molecule has 0 aliphatic carbocycles. The molecule has 0 aromatic heterocycles. The highest BCUT2D eigenvalue weighted by molar-refractivity contribution is 5.94. The molecule has 0 saturated heterocycles. The fraction of sp³-hybridized carbons (Fsp3) is 0.222. The minimum absolute atomic E-state index is 0.120. The fourth-order valence-electron chi connectivity index (χ4n) is 3.17. The molecular weight excluding hydrogens is 448 g/mol. The van der Waals surface area contributed by atoms with Gasteiger partial charge in [0.1, 0.15) is 11.5 Å². The monoisotopic (exact) mass is 476 g/mol. The Morgan fingerprint density at radius 3 is 2.00 bits per heavy atom. The van der Waals surface area contributed by atoms with Gasteiger partial charge in [0, 0.05) is 17.8 Å². The predicted octanol–water partition coefficient (Wildman–Crippen LogP) is 4.73. The van der Waals surface area contributed by atoms with E-state index in [1.54, 1.807) is 31.2 Å². The van der Waals surface area contributed by atoms with Crippen molar-refractivity contribution in [1.29, 1.82) is 0 Å². The van der Waals surface area contributed by atoms with Crippen LogP contribution in [-0.2, 0) is 22.5 Å². The van der Waals surface area contributed by atoms with Gasteiger partial charge in [0.05, 0.1) is 19.6 Å². The van der Waals surface area contributed by atoms with E-state index in [-0.39, 0.29) is 24.8 Å². The Balaban J connectivity index is 1.45. The average Bonchev–Trinajstić information content (AvgIpc) is 2.85. The number of ether oxygens (including phenoxy) is 3. The minimum atomic E-state index is -0.791. The standard InChI is InChI=1S/C27H28N2O6/c1-3-33-23-13-7-19(8-14-23)17-25(30)29-22-11-5-20(6-12-22)18-28-26(31)21-9-15-24(16-10-21)35-27(32)34-4-2/h5-16H,3-4,17-18H2,1-2H3,(H,28,31)(H,29,30). The van der Waals surface area contributed by atoms with Gasteiger partial charge in [-0.3, -0.25) is 9.59 Å². The molecule has 35 heavy (non-hydrogen) atoms. The van der Waals surface area contributed by atoms with Crippen LogP contribution in [0.3, 0.4) is 0 Å². The van der Waals surface area contributed by atoms with Crippen molar-refractivity contribution in [3.8, 4) is 11.5 Å². The highest BCUT2D eigenvalue weighted by Crippen LogP contribution is 2.15. The Hall–Kier alpha value is -4.33. The van der Waals surface area contributed by atoms with Crippen molar-refractivity contribution in [3.63, 3.8) is 0 Å². The highest BCUT2D eigenvalue weighted by atomic mass is 16.7. The Morgan fingerprint density at radius 1 is 0.743 bits per heavy atom. The van der Waals surface area contributed by atoms with Gasteiger partial charge < -0.3 is 24.8 Å². The summed E-state index contributed by atoms with van der Waals surface area (Å²) in [6.07, 6.45) is -0.533. The second kappa shape index (κ2) is 12.8. The van der Waals surface area contributed by atoms with E-state index in [0.29, 0.717) is 30.2 Å². The van der Waals surface area contributed by atoms with Crippen LogP contribution in [0.25, 0.3) is 0 Å². The van der Waals surface area contributed by atoms with Gasteiger partial charge in [0.15, 0.2) is 0 Å². The SMILES string of the molecule is CCOC(=O)Oc1ccc(C(=O)NCc2ccc(NC(=O)Cc3ccc(OCC)cc3)cc2)cc1. The van der Waals surface area contributed by atoms with Gasteiger partial charge >= 0.3 is 6.16 Å². The molecule has 0 spiro atoms.